The SMILES string of the molecule is O=C(NS(=O)(=O)C1CC1)c1ccc(N2C(=O)[C@@H]3C[C@H]2C[C@H]3OCc2c(-c3ccccc3Cl)noc2C2CC2)cc1F. The molecule has 3 atom stereocenters. The molecule has 0 radical (unpaired) electrons. The monoisotopic (exact) mass is 599 g/mol. The smallest absolute Gasteiger partial charge is 0.267 e. The molecule has 2 heterocycles. The van der Waals surface area contributed by atoms with Gasteiger partial charge in [0.25, 0.3) is 5.91 Å². The first kappa shape index (κ1) is 26.6. The van der Waals surface area contributed by atoms with Gasteiger partial charge in [-0.3, -0.25) is 9.59 Å². The van der Waals surface area contributed by atoms with Crippen molar-refractivity contribution < 1.29 is 31.7 Å². The van der Waals surface area contributed by atoms with Crippen molar-refractivity contribution in [2.24, 2.45) is 5.92 Å². The van der Waals surface area contributed by atoms with E-state index < -0.39 is 27.0 Å². The molecule has 0 unspecified atom stereocenters. The van der Waals surface area contributed by atoms with Crippen molar-refractivity contribution >= 4 is 39.1 Å². The predicted octanol–water partition coefficient (Wildman–Crippen LogP) is 4.94. The summed E-state index contributed by atoms with van der Waals surface area (Å²) in [5, 5.41) is 4.28. The van der Waals surface area contributed by atoms with Gasteiger partial charge in [-0.1, -0.05) is 35.0 Å². The molecule has 3 aliphatic carbocycles. The highest BCUT2D eigenvalue weighted by molar-refractivity contribution is 7.91. The number of rotatable bonds is 9. The van der Waals surface area contributed by atoms with E-state index in [-0.39, 0.29) is 36.1 Å². The number of nitrogens with zero attached hydrogens (tertiary/aromatic N) is 2. The summed E-state index contributed by atoms with van der Waals surface area (Å²) in [5.41, 5.74) is 2.22. The van der Waals surface area contributed by atoms with Crippen molar-refractivity contribution in [1.29, 1.82) is 0 Å². The van der Waals surface area contributed by atoms with Crippen LogP contribution in [-0.2, 0) is 26.2 Å². The normalized spacial score (nSPS) is 23.8. The quantitative estimate of drug-likeness (QED) is 0.370. The van der Waals surface area contributed by atoms with Crippen LogP contribution in [0.3, 0.4) is 0 Å². The van der Waals surface area contributed by atoms with E-state index in [4.69, 9.17) is 20.9 Å². The van der Waals surface area contributed by atoms with E-state index in [9.17, 15) is 22.4 Å². The van der Waals surface area contributed by atoms with Gasteiger partial charge in [0, 0.05) is 28.8 Å². The van der Waals surface area contributed by atoms with Crippen LogP contribution in [0.15, 0.2) is 47.0 Å². The Hall–Kier alpha value is -3.28. The second kappa shape index (κ2) is 9.92. The van der Waals surface area contributed by atoms with Gasteiger partial charge in [0.15, 0.2) is 0 Å². The standard InChI is InChI=1S/C29H27ClFN3O6S/c30-23-4-2-1-3-19(23)26-22(27(40-32-26)15-5-6-15)14-39-25-13-17-11-21(25)29(36)34(17)16-7-10-20(24(31)12-16)28(35)33-41(37,38)18-8-9-18/h1-4,7,10,12,15,17-18,21,25H,5-6,8-9,11,13-14H2,(H,33,35)/t17-,21+,25+/m0/s1. The summed E-state index contributed by atoms with van der Waals surface area (Å²) in [6.07, 6.45) is 3.86. The fourth-order valence-electron chi connectivity index (χ4n) is 5.99. The lowest BCUT2D eigenvalue weighted by molar-refractivity contribution is -0.126. The van der Waals surface area contributed by atoms with E-state index >= 15 is 0 Å². The van der Waals surface area contributed by atoms with Gasteiger partial charge in [-0.25, -0.2) is 17.5 Å². The molecule has 3 saturated carbocycles. The number of ether oxygens (including phenoxy) is 1. The number of benzene rings is 2. The Kier molecular flexibility index (Phi) is 6.44. The summed E-state index contributed by atoms with van der Waals surface area (Å²) in [7, 11) is -3.81. The molecule has 2 amide bonds. The van der Waals surface area contributed by atoms with E-state index in [0.717, 1.165) is 35.8 Å². The average molecular weight is 600 g/mol. The first-order valence-electron chi connectivity index (χ1n) is 13.7. The van der Waals surface area contributed by atoms with E-state index in [1.807, 2.05) is 22.9 Å². The zero-order chi connectivity index (χ0) is 28.5. The number of carbonyl (C=O) groups excluding carboxylic acids is 2. The molecule has 12 heteroatoms. The van der Waals surface area contributed by atoms with Crippen molar-refractivity contribution in [3.8, 4) is 11.3 Å². The number of aromatic nitrogens is 1. The van der Waals surface area contributed by atoms with Crippen molar-refractivity contribution in [2.75, 3.05) is 4.90 Å². The van der Waals surface area contributed by atoms with Gasteiger partial charge in [-0.15, -0.1) is 0 Å². The lowest BCUT2D eigenvalue weighted by Crippen LogP contribution is -2.43. The highest BCUT2D eigenvalue weighted by atomic mass is 35.5. The molecule has 3 aromatic rings. The number of sulfonamides is 1. The van der Waals surface area contributed by atoms with Crippen LogP contribution in [0.2, 0.25) is 5.02 Å². The summed E-state index contributed by atoms with van der Waals surface area (Å²) in [5.74, 6) is -1.34. The highest BCUT2D eigenvalue weighted by Crippen LogP contribution is 2.47. The van der Waals surface area contributed by atoms with Crippen molar-refractivity contribution in [2.45, 2.75) is 68.4 Å². The Morgan fingerprint density at radius 1 is 1.15 bits per heavy atom. The molecule has 1 saturated heterocycles. The number of carbonyl (C=O) groups is 2. The molecular weight excluding hydrogens is 573 g/mol. The summed E-state index contributed by atoms with van der Waals surface area (Å²) in [6.45, 7) is 0.235. The molecule has 9 nitrogen and oxygen atoms in total. The Labute approximate surface area is 241 Å². The minimum Gasteiger partial charge on any atom is -0.372 e. The lowest BCUT2D eigenvalue weighted by Gasteiger charge is -2.31. The zero-order valence-electron chi connectivity index (χ0n) is 21.9. The Morgan fingerprint density at radius 3 is 2.61 bits per heavy atom. The van der Waals surface area contributed by atoms with Crippen LogP contribution < -0.4 is 9.62 Å². The van der Waals surface area contributed by atoms with Crippen LogP contribution in [0.25, 0.3) is 11.3 Å². The number of anilines is 1. The summed E-state index contributed by atoms with van der Waals surface area (Å²) >= 11 is 6.44. The Balaban J connectivity index is 1.05. The van der Waals surface area contributed by atoms with Crippen molar-refractivity contribution in [1.82, 2.24) is 9.88 Å². The van der Waals surface area contributed by atoms with E-state index in [1.165, 1.54) is 12.1 Å². The second-order valence-electron chi connectivity index (χ2n) is 11.3. The van der Waals surface area contributed by atoms with Gasteiger partial charge in [0.2, 0.25) is 15.9 Å². The van der Waals surface area contributed by atoms with Crippen LogP contribution in [-0.4, -0.2) is 42.8 Å². The minimum absolute atomic E-state index is 0.168. The molecule has 1 aromatic heterocycles. The molecule has 1 N–H and O–H groups in total. The number of piperidine rings is 1. The maximum Gasteiger partial charge on any atom is 0.267 e. The van der Waals surface area contributed by atoms with Gasteiger partial charge in [0.05, 0.1) is 34.5 Å². The number of fused-ring (bicyclic) bond motifs is 2. The Bertz CT molecular complexity index is 1670. The number of nitrogens with one attached hydrogen (secondary N) is 1. The predicted molar refractivity (Wildman–Crippen MR) is 147 cm³/mol. The first-order valence-corrected chi connectivity index (χ1v) is 15.7. The van der Waals surface area contributed by atoms with Gasteiger partial charge in [0.1, 0.15) is 17.3 Å². The number of hydrogen-bond donors (Lipinski definition) is 1. The van der Waals surface area contributed by atoms with Gasteiger partial charge < -0.3 is 14.2 Å². The first-order chi connectivity index (χ1) is 19.7. The number of halogens is 2. The molecule has 4 aliphatic rings. The van der Waals surface area contributed by atoms with Gasteiger partial charge >= 0.3 is 0 Å². The maximum atomic E-state index is 14.9. The average Bonchev–Trinajstić information content (AvgIpc) is 3.86. The molecule has 41 heavy (non-hydrogen) atoms. The molecule has 2 bridgehead atoms. The maximum absolute atomic E-state index is 14.9. The molecule has 7 rings (SSSR count). The molecule has 214 valence electrons. The fourth-order valence-corrected chi connectivity index (χ4v) is 7.51. The lowest BCUT2D eigenvalue weighted by atomic mass is 10.0. The van der Waals surface area contributed by atoms with Crippen LogP contribution in [0, 0.1) is 11.7 Å². The number of amides is 2. The van der Waals surface area contributed by atoms with Crippen LogP contribution in [0.1, 0.15) is 66.1 Å². The van der Waals surface area contributed by atoms with Gasteiger partial charge in [-0.2, -0.15) is 0 Å². The number of hydrogen-bond acceptors (Lipinski definition) is 7. The molecule has 1 aliphatic heterocycles. The highest BCUT2D eigenvalue weighted by Gasteiger charge is 2.52. The van der Waals surface area contributed by atoms with Crippen LogP contribution in [0.4, 0.5) is 10.1 Å². The Morgan fingerprint density at radius 2 is 1.93 bits per heavy atom. The minimum atomic E-state index is -3.81. The van der Waals surface area contributed by atoms with Crippen LogP contribution >= 0.6 is 11.6 Å². The fraction of sp³-hybridized carbons (Fsp3) is 0.414. The third kappa shape index (κ3) is 4.83. The van der Waals surface area contributed by atoms with Crippen LogP contribution in [0.5, 0.6) is 0 Å². The molecular formula is C29H27ClFN3O6S. The van der Waals surface area contributed by atoms with E-state index in [2.05, 4.69) is 5.16 Å². The summed E-state index contributed by atoms with van der Waals surface area (Å²) in [4.78, 5) is 27.3. The van der Waals surface area contributed by atoms with E-state index in [0.29, 0.717) is 48.0 Å². The topological polar surface area (TPSA) is 119 Å². The summed E-state index contributed by atoms with van der Waals surface area (Å²) < 4.78 is 53.1. The zero-order valence-corrected chi connectivity index (χ0v) is 23.5. The third-order valence-corrected chi connectivity index (χ3v) is 10.6. The molecule has 2 aromatic carbocycles. The second-order valence-corrected chi connectivity index (χ2v) is 13.6. The third-order valence-electron chi connectivity index (χ3n) is 8.41. The van der Waals surface area contributed by atoms with Crippen molar-refractivity contribution in [3.05, 3.63) is 70.2 Å². The molecule has 4 fully saturated rings. The van der Waals surface area contributed by atoms with E-state index in [1.54, 1.807) is 11.0 Å². The molecule has 0 spiro atoms. The van der Waals surface area contributed by atoms with Gasteiger partial charge in [-0.05, 0) is 62.8 Å². The van der Waals surface area contributed by atoms with Crippen molar-refractivity contribution in [3.63, 3.8) is 0 Å². The largest absolute Gasteiger partial charge is 0.372 e. The summed E-state index contributed by atoms with van der Waals surface area (Å²) in [6, 6.07) is 11.1.